The van der Waals surface area contributed by atoms with Gasteiger partial charge in [-0.25, -0.2) is 0 Å². The average molecular weight is 383 g/mol. The number of likely N-dealkylation sites (tertiary alicyclic amines) is 1. The van der Waals surface area contributed by atoms with Crippen molar-refractivity contribution in [2.75, 3.05) is 26.2 Å². The van der Waals surface area contributed by atoms with E-state index in [9.17, 15) is 9.90 Å². The molecule has 0 aliphatic carbocycles. The summed E-state index contributed by atoms with van der Waals surface area (Å²) in [6.07, 6.45) is 1.11. The van der Waals surface area contributed by atoms with Gasteiger partial charge in [0, 0.05) is 19.0 Å². The molecule has 0 saturated carbocycles. The average Bonchev–Trinajstić information content (AvgIpc) is 2.73. The Labute approximate surface area is 167 Å². The number of carbonyl (C=O) groups is 1. The van der Waals surface area contributed by atoms with Gasteiger partial charge < -0.3 is 20.1 Å². The van der Waals surface area contributed by atoms with Crippen LogP contribution in [0, 0.1) is 12.8 Å². The van der Waals surface area contributed by atoms with E-state index in [4.69, 9.17) is 4.74 Å². The molecular formula is C23H30N2O3. The first kappa shape index (κ1) is 20.4. The number of piperidine rings is 1. The Hall–Kier alpha value is -2.37. The number of β-amino-alcohol motifs (C(OH)–C–C–N with tert-alkyl or cyclic N) is 1. The quantitative estimate of drug-likeness (QED) is 0.737. The van der Waals surface area contributed by atoms with Crippen LogP contribution in [-0.2, 0) is 11.3 Å². The van der Waals surface area contributed by atoms with Crippen LogP contribution in [0.5, 0.6) is 5.75 Å². The number of ether oxygens (including phenoxy) is 1. The zero-order chi connectivity index (χ0) is 19.8. The highest BCUT2D eigenvalue weighted by molar-refractivity contribution is 5.78. The number of hydrogen-bond acceptors (Lipinski definition) is 4. The van der Waals surface area contributed by atoms with Crippen LogP contribution in [0.2, 0.25) is 0 Å². The van der Waals surface area contributed by atoms with Gasteiger partial charge in [0.25, 0.3) is 0 Å². The van der Waals surface area contributed by atoms with Gasteiger partial charge in [0.2, 0.25) is 5.91 Å². The number of benzene rings is 2. The summed E-state index contributed by atoms with van der Waals surface area (Å²) in [7, 11) is 0. The summed E-state index contributed by atoms with van der Waals surface area (Å²) in [4.78, 5) is 14.6. The summed E-state index contributed by atoms with van der Waals surface area (Å²) in [6.45, 7) is 5.08. The lowest BCUT2D eigenvalue weighted by atomic mass is 9.95. The number of amides is 1. The third-order valence-corrected chi connectivity index (χ3v) is 5.26. The third kappa shape index (κ3) is 6.08. The van der Waals surface area contributed by atoms with Crippen LogP contribution in [0.3, 0.4) is 0 Å². The van der Waals surface area contributed by atoms with E-state index in [0.717, 1.165) is 42.8 Å². The van der Waals surface area contributed by atoms with Crippen LogP contribution < -0.4 is 10.1 Å². The van der Waals surface area contributed by atoms with Gasteiger partial charge in [-0.2, -0.15) is 0 Å². The summed E-state index contributed by atoms with van der Waals surface area (Å²) >= 11 is 0. The largest absolute Gasteiger partial charge is 0.491 e. The van der Waals surface area contributed by atoms with E-state index in [0.29, 0.717) is 13.1 Å². The Morgan fingerprint density at radius 1 is 1.14 bits per heavy atom. The molecule has 0 radical (unpaired) electrons. The minimum absolute atomic E-state index is 0.0559. The molecule has 1 unspecified atom stereocenters. The molecule has 1 heterocycles. The lowest BCUT2D eigenvalue weighted by molar-refractivity contribution is -0.126. The summed E-state index contributed by atoms with van der Waals surface area (Å²) in [5.74, 6) is 1.00. The van der Waals surface area contributed by atoms with E-state index in [1.807, 2.05) is 61.5 Å². The molecule has 5 nitrogen and oxygen atoms in total. The second kappa shape index (κ2) is 10.2. The van der Waals surface area contributed by atoms with Crippen LogP contribution in [0.15, 0.2) is 54.6 Å². The highest BCUT2D eigenvalue weighted by Crippen LogP contribution is 2.19. The van der Waals surface area contributed by atoms with E-state index in [1.165, 1.54) is 0 Å². The Balaban J connectivity index is 1.35. The molecular weight excluding hydrogens is 352 g/mol. The Bertz CT molecular complexity index is 743. The van der Waals surface area contributed by atoms with Crippen molar-refractivity contribution in [1.82, 2.24) is 10.2 Å². The van der Waals surface area contributed by atoms with E-state index in [2.05, 4.69) is 10.2 Å². The number of nitrogens with one attached hydrogen (secondary N) is 1. The predicted octanol–water partition coefficient (Wildman–Crippen LogP) is 2.76. The number of aryl methyl sites for hydroxylation is 1. The van der Waals surface area contributed by atoms with Crippen LogP contribution >= 0.6 is 0 Å². The summed E-state index contributed by atoms with van der Waals surface area (Å²) < 4.78 is 5.73. The van der Waals surface area contributed by atoms with Crippen molar-refractivity contribution < 1.29 is 14.6 Å². The van der Waals surface area contributed by atoms with Crippen molar-refractivity contribution in [3.63, 3.8) is 0 Å². The monoisotopic (exact) mass is 382 g/mol. The van der Waals surface area contributed by atoms with Crippen molar-refractivity contribution in [3.8, 4) is 5.75 Å². The van der Waals surface area contributed by atoms with Gasteiger partial charge in [0.15, 0.2) is 0 Å². The topological polar surface area (TPSA) is 61.8 Å². The minimum atomic E-state index is -0.539. The Morgan fingerprint density at radius 3 is 2.54 bits per heavy atom. The molecule has 0 bridgehead atoms. The number of rotatable bonds is 8. The molecule has 1 saturated heterocycles. The van der Waals surface area contributed by atoms with E-state index in [1.54, 1.807) is 0 Å². The van der Waals surface area contributed by atoms with Gasteiger partial charge in [0.1, 0.15) is 18.5 Å². The fourth-order valence-electron chi connectivity index (χ4n) is 3.56. The Morgan fingerprint density at radius 2 is 1.82 bits per heavy atom. The first-order chi connectivity index (χ1) is 13.6. The maximum atomic E-state index is 12.4. The van der Waals surface area contributed by atoms with Crippen molar-refractivity contribution in [1.29, 1.82) is 0 Å². The smallest absolute Gasteiger partial charge is 0.223 e. The normalized spacial score (nSPS) is 16.5. The molecule has 2 aromatic carbocycles. The molecule has 2 N–H and O–H groups in total. The summed E-state index contributed by atoms with van der Waals surface area (Å²) in [5, 5.41) is 13.3. The third-order valence-electron chi connectivity index (χ3n) is 5.26. The molecule has 0 spiro atoms. The molecule has 1 aliphatic rings. The molecule has 2 aromatic rings. The van der Waals surface area contributed by atoms with E-state index < -0.39 is 6.10 Å². The van der Waals surface area contributed by atoms with Gasteiger partial charge in [-0.05, 0) is 50.0 Å². The predicted molar refractivity (Wildman–Crippen MR) is 110 cm³/mol. The maximum Gasteiger partial charge on any atom is 0.223 e. The molecule has 1 fully saturated rings. The lowest BCUT2D eigenvalue weighted by Gasteiger charge is -2.32. The van der Waals surface area contributed by atoms with E-state index in [-0.39, 0.29) is 18.4 Å². The maximum absolute atomic E-state index is 12.4. The van der Waals surface area contributed by atoms with Gasteiger partial charge in [-0.3, -0.25) is 4.79 Å². The minimum Gasteiger partial charge on any atom is -0.491 e. The van der Waals surface area contributed by atoms with Gasteiger partial charge in [0.05, 0.1) is 0 Å². The number of para-hydroxylation sites is 1. The number of hydrogen-bond donors (Lipinski definition) is 2. The first-order valence-electron chi connectivity index (χ1n) is 10.0. The second-order valence-electron chi connectivity index (χ2n) is 7.51. The molecule has 1 amide bonds. The van der Waals surface area contributed by atoms with Crippen molar-refractivity contribution in [3.05, 3.63) is 65.7 Å². The van der Waals surface area contributed by atoms with Crippen molar-refractivity contribution in [2.45, 2.75) is 32.4 Å². The van der Waals surface area contributed by atoms with Gasteiger partial charge in [-0.15, -0.1) is 0 Å². The fraction of sp³-hybridized carbons (Fsp3) is 0.435. The summed E-state index contributed by atoms with van der Waals surface area (Å²) in [5.41, 5.74) is 2.18. The van der Waals surface area contributed by atoms with Crippen LogP contribution in [0.1, 0.15) is 24.0 Å². The molecule has 1 aliphatic heterocycles. The van der Waals surface area contributed by atoms with E-state index >= 15 is 0 Å². The van der Waals surface area contributed by atoms with Gasteiger partial charge in [-0.1, -0.05) is 48.5 Å². The standard InChI is InChI=1S/C23H30N2O3/c1-18-7-5-6-10-22(18)28-17-21(26)16-25-13-11-20(12-14-25)23(27)24-15-19-8-3-2-4-9-19/h2-10,20-21,26H,11-17H2,1H3,(H,24,27). The second-order valence-corrected chi connectivity index (χ2v) is 7.51. The highest BCUT2D eigenvalue weighted by Gasteiger charge is 2.25. The number of carbonyl (C=O) groups excluding carboxylic acids is 1. The van der Waals surface area contributed by atoms with Crippen LogP contribution in [-0.4, -0.2) is 48.3 Å². The fourth-order valence-corrected chi connectivity index (χ4v) is 3.56. The van der Waals surface area contributed by atoms with Gasteiger partial charge >= 0.3 is 0 Å². The first-order valence-corrected chi connectivity index (χ1v) is 10.0. The highest BCUT2D eigenvalue weighted by atomic mass is 16.5. The van der Waals surface area contributed by atoms with Crippen LogP contribution in [0.4, 0.5) is 0 Å². The zero-order valence-electron chi connectivity index (χ0n) is 16.5. The lowest BCUT2D eigenvalue weighted by Crippen LogP contribution is -2.44. The molecule has 150 valence electrons. The zero-order valence-corrected chi connectivity index (χ0v) is 16.5. The van der Waals surface area contributed by atoms with Crippen LogP contribution in [0.25, 0.3) is 0 Å². The van der Waals surface area contributed by atoms with Crippen molar-refractivity contribution >= 4 is 5.91 Å². The molecule has 3 rings (SSSR count). The Kier molecular flexibility index (Phi) is 7.46. The number of aliphatic hydroxyl groups excluding tert-OH is 1. The molecule has 5 heteroatoms. The molecule has 28 heavy (non-hydrogen) atoms. The summed E-state index contributed by atoms with van der Waals surface area (Å²) in [6, 6.07) is 17.8. The molecule has 0 aromatic heterocycles. The van der Waals surface area contributed by atoms with Crippen molar-refractivity contribution in [2.24, 2.45) is 5.92 Å². The molecule has 1 atom stereocenters. The number of nitrogens with zero attached hydrogens (tertiary/aromatic N) is 1. The number of aliphatic hydroxyl groups is 1. The SMILES string of the molecule is Cc1ccccc1OCC(O)CN1CCC(C(=O)NCc2ccccc2)CC1.